The van der Waals surface area contributed by atoms with Crippen LogP contribution < -0.4 is 0 Å². The van der Waals surface area contributed by atoms with Crippen LogP contribution in [0.15, 0.2) is 41.8 Å². The molecule has 1 aromatic heterocycles. The molecule has 0 saturated heterocycles. The number of nitrogens with zero attached hydrogens (tertiary/aromatic N) is 2. The number of hydrogen-bond acceptors (Lipinski definition) is 5. The van der Waals surface area contributed by atoms with E-state index in [1.165, 1.54) is 27.8 Å². The van der Waals surface area contributed by atoms with Crippen molar-refractivity contribution in [3.63, 3.8) is 0 Å². The van der Waals surface area contributed by atoms with Gasteiger partial charge in [0.15, 0.2) is 0 Å². The molecule has 0 saturated carbocycles. The highest BCUT2D eigenvalue weighted by atomic mass is 32.2. The molecule has 1 aromatic carbocycles. The Labute approximate surface area is 175 Å². The van der Waals surface area contributed by atoms with Crippen molar-refractivity contribution in [3.05, 3.63) is 58.0 Å². The van der Waals surface area contributed by atoms with Crippen molar-refractivity contribution in [1.82, 2.24) is 9.21 Å². The van der Waals surface area contributed by atoms with Gasteiger partial charge in [-0.3, -0.25) is 4.79 Å². The summed E-state index contributed by atoms with van der Waals surface area (Å²) in [5.41, 5.74) is 0.778. The molecule has 0 aliphatic rings. The summed E-state index contributed by atoms with van der Waals surface area (Å²) in [5, 5.41) is 1.93. The summed E-state index contributed by atoms with van der Waals surface area (Å²) in [6.45, 7) is 2.61. The molecule has 29 heavy (non-hydrogen) atoms. The molecular weight excluding hydrogens is 415 g/mol. The monoisotopic (exact) mass is 442 g/mol. The molecule has 2 aromatic rings. The van der Waals surface area contributed by atoms with Gasteiger partial charge in [-0.2, -0.15) is 4.31 Å². The maximum absolute atomic E-state index is 13.2. The number of methoxy groups -OCH3 is 1. The summed E-state index contributed by atoms with van der Waals surface area (Å²) in [5.74, 6) is -0.712. The van der Waals surface area contributed by atoms with Crippen LogP contribution in [0.25, 0.3) is 0 Å². The topological polar surface area (TPSA) is 66.9 Å². The highest BCUT2D eigenvalue weighted by Gasteiger charge is 2.25. The summed E-state index contributed by atoms with van der Waals surface area (Å²) in [7, 11) is -1.98. The fraction of sp³-hybridized carbons (Fsp3) is 0.450. The minimum atomic E-state index is -3.53. The first kappa shape index (κ1) is 23.5. The first-order valence-electron chi connectivity index (χ1n) is 9.37. The van der Waals surface area contributed by atoms with Gasteiger partial charge in [-0.1, -0.05) is 18.2 Å². The van der Waals surface area contributed by atoms with Crippen molar-refractivity contribution in [1.29, 1.82) is 0 Å². The van der Waals surface area contributed by atoms with E-state index in [9.17, 15) is 17.6 Å². The molecule has 1 amide bonds. The van der Waals surface area contributed by atoms with E-state index >= 15 is 0 Å². The van der Waals surface area contributed by atoms with Crippen molar-refractivity contribution in [2.45, 2.75) is 26.4 Å². The van der Waals surface area contributed by atoms with E-state index in [0.29, 0.717) is 19.6 Å². The number of amides is 1. The summed E-state index contributed by atoms with van der Waals surface area (Å²) < 4.78 is 44.3. The van der Waals surface area contributed by atoms with Crippen LogP contribution in [-0.2, 0) is 32.6 Å². The lowest BCUT2D eigenvalue weighted by atomic mass is 10.2. The van der Waals surface area contributed by atoms with Crippen LogP contribution in [0.1, 0.15) is 23.8 Å². The van der Waals surface area contributed by atoms with Crippen molar-refractivity contribution in [2.24, 2.45) is 0 Å². The van der Waals surface area contributed by atoms with Gasteiger partial charge < -0.3 is 9.64 Å². The maximum Gasteiger partial charge on any atom is 0.238 e. The Balaban J connectivity index is 2.17. The Morgan fingerprint density at radius 3 is 2.48 bits per heavy atom. The summed E-state index contributed by atoms with van der Waals surface area (Å²) in [6.07, 6.45) is 0.506. The molecule has 0 aliphatic heterocycles. The average molecular weight is 443 g/mol. The molecule has 2 rings (SSSR count). The van der Waals surface area contributed by atoms with Gasteiger partial charge in [0, 0.05) is 31.7 Å². The highest BCUT2D eigenvalue weighted by Crippen LogP contribution is 2.16. The van der Waals surface area contributed by atoms with Gasteiger partial charge >= 0.3 is 0 Å². The minimum Gasteiger partial charge on any atom is -0.385 e. The van der Waals surface area contributed by atoms with Crippen molar-refractivity contribution < 1.29 is 22.3 Å². The molecule has 0 radical (unpaired) electrons. The number of ether oxygens (including phenoxy) is 1. The molecule has 0 aliphatic carbocycles. The third-order valence-corrected chi connectivity index (χ3v) is 7.08. The first-order chi connectivity index (χ1) is 13.9. The zero-order valence-electron chi connectivity index (χ0n) is 16.7. The van der Waals surface area contributed by atoms with Gasteiger partial charge in [-0.05, 0) is 42.5 Å². The number of hydrogen-bond donors (Lipinski definition) is 0. The molecule has 160 valence electrons. The Morgan fingerprint density at radius 1 is 1.17 bits per heavy atom. The lowest BCUT2D eigenvalue weighted by Crippen LogP contribution is -2.43. The lowest BCUT2D eigenvalue weighted by Gasteiger charge is -2.27. The number of carbonyl (C=O) groups excluding carboxylic acids is 1. The first-order valence-corrected chi connectivity index (χ1v) is 11.9. The molecule has 9 heteroatoms. The minimum absolute atomic E-state index is 0.0733. The van der Waals surface area contributed by atoms with Gasteiger partial charge in [-0.15, -0.1) is 11.3 Å². The maximum atomic E-state index is 13.2. The van der Waals surface area contributed by atoms with Crippen LogP contribution >= 0.6 is 11.3 Å². The number of rotatable bonds is 12. The molecule has 0 bridgehead atoms. The van der Waals surface area contributed by atoms with E-state index in [2.05, 4.69) is 0 Å². The van der Waals surface area contributed by atoms with Gasteiger partial charge in [0.25, 0.3) is 0 Å². The SMILES string of the molecule is CCS(=O)(=O)N(CCCOC)CC(=O)N(Cc1ccc(F)cc1)Cc1cccs1. The van der Waals surface area contributed by atoms with Crippen LogP contribution in [0.2, 0.25) is 0 Å². The zero-order valence-corrected chi connectivity index (χ0v) is 18.3. The van der Waals surface area contributed by atoms with Crippen LogP contribution in [0.4, 0.5) is 4.39 Å². The summed E-state index contributed by atoms with van der Waals surface area (Å²) in [6, 6.07) is 9.78. The molecule has 6 nitrogen and oxygen atoms in total. The van der Waals surface area contributed by atoms with E-state index in [1.807, 2.05) is 17.5 Å². The number of thiophene rings is 1. The number of sulfonamides is 1. The summed E-state index contributed by atoms with van der Waals surface area (Å²) >= 11 is 1.53. The second-order valence-electron chi connectivity index (χ2n) is 6.54. The fourth-order valence-electron chi connectivity index (χ4n) is 2.77. The second-order valence-corrected chi connectivity index (χ2v) is 9.83. The van der Waals surface area contributed by atoms with Crippen LogP contribution in [0, 0.1) is 5.82 Å². The van der Waals surface area contributed by atoms with Gasteiger partial charge in [-0.25, -0.2) is 12.8 Å². The molecular formula is C20H27FN2O4S2. The lowest BCUT2D eigenvalue weighted by molar-refractivity contribution is -0.132. The van der Waals surface area contributed by atoms with Crippen molar-refractivity contribution in [3.8, 4) is 0 Å². The Kier molecular flexibility index (Phi) is 9.22. The molecule has 1 heterocycles. The largest absolute Gasteiger partial charge is 0.385 e. The van der Waals surface area contributed by atoms with Crippen LogP contribution in [-0.4, -0.2) is 56.1 Å². The molecule has 0 fully saturated rings. The average Bonchev–Trinajstić information content (AvgIpc) is 3.21. The third-order valence-electron chi connectivity index (χ3n) is 4.39. The number of carbonyl (C=O) groups is 1. The highest BCUT2D eigenvalue weighted by molar-refractivity contribution is 7.89. The predicted molar refractivity (Wildman–Crippen MR) is 112 cm³/mol. The van der Waals surface area contributed by atoms with E-state index < -0.39 is 10.0 Å². The molecule has 0 atom stereocenters. The van der Waals surface area contributed by atoms with Crippen molar-refractivity contribution >= 4 is 27.3 Å². The summed E-state index contributed by atoms with van der Waals surface area (Å²) in [4.78, 5) is 15.7. The second kappa shape index (κ2) is 11.4. The van der Waals surface area contributed by atoms with Gasteiger partial charge in [0.05, 0.1) is 18.8 Å². The predicted octanol–water partition coefficient (Wildman–Crippen LogP) is 3.10. The Morgan fingerprint density at radius 2 is 1.90 bits per heavy atom. The number of halogens is 1. The third kappa shape index (κ3) is 7.50. The van der Waals surface area contributed by atoms with Crippen LogP contribution in [0.5, 0.6) is 0 Å². The quantitative estimate of drug-likeness (QED) is 0.474. The molecule has 0 spiro atoms. The van der Waals surface area contributed by atoms with Crippen LogP contribution in [0.3, 0.4) is 0 Å². The number of benzene rings is 1. The zero-order chi connectivity index (χ0) is 21.3. The van der Waals surface area contributed by atoms with Gasteiger partial charge in [0.2, 0.25) is 15.9 Å². The molecule has 0 unspecified atom stereocenters. The Bertz CT molecular complexity index is 855. The van der Waals surface area contributed by atoms with E-state index in [1.54, 1.807) is 31.1 Å². The van der Waals surface area contributed by atoms with E-state index in [0.717, 1.165) is 10.4 Å². The molecule has 0 N–H and O–H groups in total. The fourth-order valence-corrected chi connectivity index (χ4v) is 4.57. The van der Waals surface area contributed by atoms with Crippen molar-refractivity contribution in [2.75, 3.05) is 32.6 Å². The van der Waals surface area contributed by atoms with E-state index in [4.69, 9.17) is 4.74 Å². The normalized spacial score (nSPS) is 11.7. The van der Waals surface area contributed by atoms with E-state index in [-0.39, 0.29) is 37.1 Å². The smallest absolute Gasteiger partial charge is 0.238 e. The Hall–Kier alpha value is -1.81. The van der Waals surface area contributed by atoms with Gasteiger partial charge in [0.1, 0.15) is 5.82 Å². The standard InChI is InChI=1S/C20H27FN2O4S2/c1-3-29(25,26)23(11-5-12-27-2)16-20(24)22(15-19-6-4-13-28-19)14-17-7-9-18(21)10-8-17/h4,6-10,13H,3,5,11-12,14-16H2,1-2H3.